The first kappa shape index (κ1) is 19.0. The number of ether oxygens (including phenoxy) is 1. The fraction of sp³-hybridized carbons (Fsp3) is 0.571. The van der Waals surface area contributed by atoms with Gasteiger partial charge < -0.3 is 4.74 Å². The van der Waals surface area contributed by atoms with Crippen LogP contribution in [-0.4, -0.2) is 23.3 Å². The van der Waals surface area contributed by atoms with Crippen molar-refractivity contribution in [3.63, 3.8) is 0 Å². The third-order valence-corrected chi connectivity index (χ3v) is 6.37. The zero-order chi connectivity index (χ0) is 18.4. The van der Waals surface area contributed by atoms with Gasteiger partial charge in [-0.15, -0.1) is 11.3 Å². The number of hydrogen-bond donors (Lipinski definition) is 0. The average molecular weight is 374 g/mol. The van der Waals surface area contributed by atoms with Crippen molar-refractivity contribution in [2.45, 2.75) is 45.4 Å². The van der Waals surface area contributed by atoms with E-state index in [4.69, 9.17) is 4.74 Å². The molecule has 2 atom stereocenters. The molecule has 1 fully saturated rings. The second kappa shape index (κ2) is 9.26. The van der Waals surface area contributed by atoms with Crippen LogP contribution in [0.25, 0.3) is 0 Å². The third kappa shape index (κ3) is 4.70. The Morgan fingerprint density at radius 3 is 2.69 bits per heavy atom. The zero-order valence-corrected chi connectivity index (χ0v) is 16.1. The van der Waals surface area contributed by atoms with Crippen LogP contribution in [0.3, 0.4) is 0 Å². The maximum atomic E-state index is 13.1. The van der Waals surface area contributed by atoms with E-state index in [-0.39, 0.29) is 11.7 Å². The summed E-state index contributed by atoms with van der Waals surface area (Å²) in [4.78, 5) is 29.7. The van der Waals surface area contributed by atoms with Crippen molar-refractivity contribution in [1.82, 2.24) is 4.98 Å². The highest BCUT2D eigenvalue weighted by Gasteiger charge is 2.37. The molecule has 0 amide bonds. The van der Waals surface area contributed by atoms with Gasteiger partial charge in [0.15, 0.2) is 5.78 Å². The molecule has 0 N–H and O–H groups in total. The number of ketones is 1. The summed E-state index contributed by atoms with van der Waals surface area (Å²) in [5, 5.41) is 2.70. The first-order valence-corrected chi connectivity index (χ1v) is 10.5. The van der Waals surface area contributed by atoms with Crippen LogP contribution in [0, 0.1) is 23.7 Å². The highest BCUT2D eigenvalue weighted by atomic mass is 32.1. The SMILES string of the molecule is CCOC(=O)C(Cc1nccs1)C(=O)[C@H]1CC[C@H](C2C=CC=CC2)CC1. The monoisotopic (exact) mass is 373 g/mol. The largest absolute Gasteiger partial charge is 0.465 e. The molecule has 140 valence electrons. The first-order valence-electron chi connectivity index (χ1n) is 9.61. The van der Waals surface area contributed by atoms with Crippen LogP contribution in [0.4, 0.5) is 0 Å². The molecule has 0 aliphatic heterocycles. The molecule has 0 bridgehead atoms. The smallest absolute Gasteiger partial charge is 0.316 e. The number of carbonyl (C=O) groups excluding carboxylic acids is 2. The van der Waals surface area contributed by atoms with Crippen LogP contribution in [0.1, 0.15) is 44.0 Å². The van der Waals surface area contributed by atoms with Gasteiger partial charge in [-0.05, 0) is 50.9 Å². The van der Waals surface area contributed by atoms with Gasteiger partial charge in [-0.1, -0.05) is 24.3 Å². The van der Waals surface area contributed by atoms with Crippen molar-refractivity contribution in [3.05, 3.63) is 40.9 Å². The van der Waals surface area contributed by atoms with E-state index in [1.54, 1.807) is 13.1 Å². The topological polar surface area (TPSA) is 56.3 Å². The standard InChI is InChI=1S/C21H27NO3S/c1-2-25-21(24)18(14-19-22-12-13-26-19)20(23)17-10-8-16(9-11-17)15-6-4-3-5-7-15/h3-6,12-13,15-18H,2,7-11,14H2,1H3/t15?,16-,17-,18?. The van der Waals surface area contributed by atoms with Crippen LogP contribution >= 0.6 is 11.3 Å². The summed E-state index contributed by atoms with van der Waals surface area (Å²) in [6.07, 6.45) is 15.8. The van der Waals surface area contributed by atoms with Gasteiger partial charge in [0.25, 0.3) is 0 Å². The molecule has 2 aliphatic carbocycles. The summed E-state index contributed by atoms with van der Waals surface area (Å²) in [6.45, 7) is 2.08. The van der Waals surface area contributed by atoms with Gasteiger partial charge in [0.05, 0.1) is 11.6 Å². The highest BCUT2D eigenvalue weighted by molar-refractivity contribution is 7.09. The van der Waals surface area contributed by atoms with Gasteiger partial charge in [-0.3, -0.25) is 9.59 Å². The summed E-state index contributed by atoms with van der Waals surface area (Å²) in [6, 6.07) is 0. The maximum absolute atomic E-state index is 13.1. The molecule has 0 radical (unpaired) electrons. The minimum Gasteiger partial charge on any atom is -0.465 e. The lowest BCUT2D eigenvalue weighted by atomic mass is 9.71. The summed E-state index contributed by atoms with van der Waals surface area (Å²) in [7, 11) is 0. The summed E-state index contributed by atoms with van der Waals surface area (Å²) in [5.74, 6) is 0.183. The Hall–Kier alpha value is -1.75. The Morgan fingerprint density at radius 1 is 1.27 bits per heavy atom. The number of Topliss-reactive ketones (excluding diaryl/α,β-unsaturated/α-hetero) is 1. The molecule has 4 nitrogen and oxygen atoms in total. The second-order valence-electron chi connectivity index (χ2n) is 7.16. The molecule has 26 heavy (non-hydrogen) atoms. The third-order valence-electron chi connectivity index (χ3n) is 5.57. The molecular weight excluding hydrogens is 346 g/mol. The van der Waals surface area contributed by atoms with E-state index in [2.05, 4.69) is 29.3 Å². The van der Waals surface area contributed by atoms with E-state index in [0.29, 0.717) is 24.9 Å². The molecule has 1 saturated carbocycles. The number of aromatic nitrogens is 1. The Kier molecular flexibility index (Phi) is 6.78. The van der Waals surface area contributed by atoms with E-state index in [0.717, 1.165) is 37.1 Å². The lowest BCUT2D eigenvalue weighted by molar-refractivity contribution is -0.153. The average Bonchev–Trinajstić information content (AvgIpc) is 3.20. The Bertz CT molecular complexity index is 657. The Morgan fingerprint density at radius 2 is 2.08 bits per heavy atom. The second-order valence-corrected chi connectivity index (χ2v) is 8.14. The number of thiazole rings is 1. The minimum absolute atomic E-state index is 0.0243. The predicted molar refractivity (Wildman–Crippen MR) is 103 cm³/mol. The lowest BCUT2D eigenvalue weighted by Gasteiger charge is -2.33. The fourth-order valence-corrected chi connectivity index (χ4v) is 4.80. The summed E-state index contributed by atoms with van der Waals surface area (Å²) in [5.41, 5.74) is 0. The van der Waals surface area contributed by atoms with Crippen molar-refractivity contribution in [3.8, 4) is 0 Å². The van der Waals surface area contributed by atoms with Crippen LogP contribution in [0.5, 0.6) is 0 Å². The molecule has 1 aromatic rings. The van der Waals surface area contributed by atoms with Crippen LogP contribution in [-0.2, 0) is 20.7 Å². The zero-order valence-electron chi connectivity index (χ0n) is 15.3. The van der Waals surface area contributed by atoms with Gasteiger partial charge in [-0.2, -0.15) is 0 Å². The van der Waals surface area contributed by atoms with Gasteiger partial charge >= 0.3 is 5.97 Å². The van der Waals surface area contributed by atoms with Gasteiger partial charge in [-0.25, -0.2) is 4.98 Å². The summed E-state index contributed by atoms with van der Waals surface area (Å²) >= 11 is 1.48. The molecule has 0 aromatic carbocycles. The van der Waals surface area contributed by atoms with Gasteiger partial charge in [0.1, 0.15) is 5.92 Å². The van der Waals surface area contributed by atoms with Crippen molar-refractivity contribution < 1.29 is 14.3 Å². The Balaban J connectivity index is 1.60. The van der Waals surface area contributed by atoms with E-state index in [1.807, 2.05) is 5.38 Å². The number of hydrogen-bond acceptors (Lipinski definition) is 5. The first-order chi connectivity index (χ1) is 12.7. The van der Waals surface area contributed by atoms with Crippen molar-refractivity contribution in [2.75, 3.05) is 6.61 Å². The lowest BCUT2D eigenvalue weighted by Crippen LogP contribution is -2.35. The molecule has 2 unspecified atom stereocenters. The molecule has 2 aliphatic rings. The van der Waals surface area contributed by atoms with Crippen molar-refractivity contribution in [1.29, 1.82) is 0 Å². The molecular formula is C21H27NO3S. The van der Waals surface area contributed by atoms with Crippen molar-refractivity contribution >= 4 is 23.1 Å². The van der Waals surface area contributed by atoms with E-state index in [1.165, 1.54) is 11.3 Å². The number of allylic oxidation sites excluding steroid dienone is 4. The number of rotatable bonds is 7. The summed E-state index contributed by atoms with van der Waals surface area (Å²) < 4.78 is 5.18. The van der Waals surface area contributed by atoms with Gasteiger partial charge in [0, 0.05) is 23.9 Å². The van der Waals surface area contributed by atoms with E-state index in [9.17, 15) is 9.59 Å². The normalized spacial score (nSPS) is 26.4. The van der Waals surface area contributed by atoms with Gasteiger partial charge in [0.2, 0.25) is 0 Å². The fourth-order valence-electron chi connectivity index (χ4n) is 4.14. The van der Waals surface area contributed by atoms with Crippen LogP contribution < -0.4 is 0 Å². The minimum atomic E-state index is -0.708. The molecule has 1 aromatic heterocycles. The quantitative estimate of drug-likeness (QED) is 0.526. The number of carbonyl (C=O) groups is 2. The van der Waals surface area contributed by atoms with Crippen molar-refractivity contribution in [2.24, 2.45) is 23.7 Å². The maximum Gasteiger partial charge on any atom is 0.316 e. The molecule has 5 heteroatoms. The molecule has 0 spiro atoms. The van der Waals surface area contributed by atoms with Crippen LogP contribution in [0.15, 0.2) is 35.9 Å². The van der Waals surface area contributed by atoms with Crippen LogP contribution in [0.2, 0.25) is 0 Å². The predicted octanol–water partition coefficient (Wildman–Crippen LogP) is 4.37. The van der Waals surface area contributed by atoms with E-state index >= 15 is 0 Å². The van der Waals surface area contributed by atoms with E-state index < -0.39 is 11.9 Å². The number of esters is 1. The molecule has 0 saturated heterocycles. The molecule has 3 rings (SSSR count). The molecule has 1 heterocycles. The Labute approximate surface area is 159 Å². The number of nitrogens with zero attached hydrogens (tertiary/aromatic N) is 1. The highest BCUT2D eigenvalue weighted by Crippen LogP contribution is 2.38.